The molecule has 1 aromatic carbocycles. The minimum absolute atomic E-state index is 0.150. The molecular weight excluding hydrogens is 268 g/mol. The zero-order valence-electron chi connectivity index (χ0n) is 12.8. The summed E-state index contributed by atoms with van der Waals surface area (Å²) in [4.78, 5) is 4.44. The summed E-state index contributed by atoms with van der Waals surface area (Å²) in [5.74, 6) is 3.07. The van der Waals surface area contributed by atoms with Gasteiger partial charge in [-0.1, -0.05) is 6.07 Å². The summed E-state index contributed by atoms with van der Waals surface area (Å²) in [7, 11) is 3.29. The second-order valence-electron chi connectivity index (χ2n) is 5.34. The molecule has 0 bridgehead atoms. The molecule has 0 aliphatic carbocycles. The highest BCUT2D eigenvalue weighted by molar-refractivity contribution is 5.45. The maximum atomic E-state index is 5.40. The molecule has 2 atom stereocenters. The average Bonchev–Trinajstić information content (AvgIpc) is 2.85. The molecule has 0 saturated heterocycles. The first-order valence-corrected chi connectivity index (χ1v) is 7.04. The van der Waals surface area contributed by atoms with E-state index in [0.29, 0.717) is 6.04 Å². The lowest BCUT2D eigenvalue weighted by Crippen LogP contribution is -2.31. The highest BCUT2D eigenvalue weighted by atomic mass is 16.5. The Morgan fingerprint density at radius 2 is 2.00 bits per heavy atom. The van der Waals surface area contributed by atoms with Crippen LogP contribution in [0.4, 0.5) is 5.95 Å². The normalized spacial score (nSPS) is 20.6. The number of methoxy groups -OCH3 is 2. The molecule has 0 amide bonds. The summed E-state index contributed by atoms with van der Waals surface area (Å²) in [5.41, 5.74) is 1.15. The van der Waals surface area contributed by atoms with Crippen molar-refractivity contribution >= 4 is 5.95 Å². The van der Waals surface area contributed by atoms with Gasteiger partial charge in [0.15, 0.2) is 11.5 Å². The van der Waals surface area contributed by atoms with E-state index >= 15 is 0 Å². The summed E-state index contributed by atoms with van der Waals surface area (Å²) in [6, 6.07) is 6.51. The van der Waals surface area contributed by atoms with Crippen LogP contribution in [0.25, 0.3) is 0 Å². The number of benzene rings is 1. The Bertz CT molecular complexity index is 653. The van der Waals surface area contributed by atoms with Gasteiger partial charge in [0.05, 0.1) is 20.3 Å². The number of aromatic nitrogens is 3. The molecule has 1 aliphatic rings. The van der Waals surface area contributed by atoms with E-state index in [9.17, 15) is 0 Å². The number of anilines is 1. The standard InChI is InChI=1S/C15H20N4O2/c1-9-7-12(19-15(16-9)17-10(2)18-19)11-5-6-13(20-3)14(8-11)21-4/h5-6,8-9,12H,7H2,1-4H3,(H,16,17,18)/t9-,12+/m0/s1. The fourth-order valence-corrected chi connectivity index (χ4v) is 2.80. The van der Waals surface area contributed by atoms with E-state index in [2.05, 4.69) is 28.4 Å². The van der Waals surface area contributed by atoms with E-state index in [4.69, 9.17) is 9.47 Å². The van der Waals surface area contributed by atoms with Crippen LogP contribution in [0, 0.1) is 6.92 Å². The van der Waals surface area contributed by atoms with Crippen molar-refractivity contribution in [1.29, 1.82) is 0 Å². The Morgan fingerprint density at radius 3 is 2.71 bits per heavy atom. The van der Waals surface area contributed by atoms with Gasteiger partial charge in [0.2, 0.25) is 5.95 Å². The van der Waals surface area contributed by atoms with Crippen LogP contribution in [0.5, 0.6) is 11.5 Å². The quantitative estimate of drug-likeness (QED) is 0.939. The fourth-order valence-electron chi connectivity index (χ4n) is 2.80. The highest BCUT2D eigenvalue weighted by Gasteiger charge is 2.28. The number of hydrogen-bond acceptors (Lipinski definition) is 5. The van der Waals surface area contributed by atoms with Crippen molar-refractivity contribution in [2.45, 2.75) is 32.4 Å². The zero-order valence-corrected chi connectivity index (χ0v) is 12.8. The summed E-state index contributed by atoms with van der Waals surface area (Å²) >= 11 is 0. The molecule has 2 aromatic rings. The first kappa shape index (κ1) is 13.7. The minimum atomic E-state index is 0.150. The van der Waals surface area contributed by atoms with Crippen LogP contribution >= 0.6 is 0 Å². The number of nitrogens with zero attached hydrogens (tertiary/aromatic N) is 3. The molecular formula is C15H20N4O2. The summed E-state index contributed by atoms with van der Waals surface area (Å²) in [6.07, 6.45) is 0.950. The number of fused-ring (bicyclic) bond motifs is 1. The van der Waals surface area contributed by atoms with Crippen LogP contribution in [-0.2, 0) is 0 Å². The molecule has 0 radical (unpaired) electrons. The van der Waals surface area contributed by atoms with Gasteiger partial charge < -0.3 is 14.8 Å². The first-order valence-electron chi connectivity index (χ1n) is 7.04. The molecule has 0 fully saturated rings. The molecule has 2 heterocycles. The predicted molar refractivity (Wildman–Crippen MR) is 80.1 cm³/mol. The molecule has 6 heteroatoms. The van der Waals surface area contributed by atoms with E-state index in [1.165, 1.54) is 0 Å². The topological polar surface area (TPSA) is 61.2 Å². The van der Waals surface area contributed by atoms with Gasteiger partial charge in [0.25, 0.3) is 0 Å². The molecule has 21 heavy (non-hydrogen) atoms. The zero-order chi connectivity index (χ0) is 15.0. The Morgan fingerprint density at radius 1 is 1.24 bits per heavy atom. The van der Waals surface area contributed by atoms with Gasteiger partial charge in [-0.3, -0.25) is 0 Å². The van der Waals surface area contributed by atoms with Crippen molar-refractivity contribution in [2.24, 2.45) is 0 Å². The molecule has 0 spiro atoms. The number of ether oxygens (including phenoxy) is 2. The molecule has 1 N–H and O–H groups in total. The SMILES string of the molecule is COc1ccc([C@H]2C[C@H](C)Nc3nc(C)nn32)cc1OC. The fraction of sp³-hybridized carbons (Fsp3) is 0.467. The van der Waals surface area contributed by atoms with Crippen molar-refractivity contribution in [2.75, 3.05) is 19.5 Å². The van der Waals surface area contributed by atoms with Crippen molar-refractivity contribution in [1.82, 2.24) is 14.8 Å². The van der Waals surface area contributed by atoms with Crippen molar-refractivity contribution in [3.8, 4) is 11.5 Å². The van der Waals surface area contributed by atoms with Crippen LogP contribution in [0.15, 0.2) is 18.2 Å². The number of nitrogens with one attached hydrogen (secondary N) is 1. The van der Waals surface area contributed by atoms with Gasteiger partial charge in [0.1, 0.15) is 5.82 Å². The summed E-state index contributed by atoms with van der Waals surface area (Å²) < 4.78 is 12.7. The highest BCUT2D eigenvalue weighted by Crippen LogP contribution is 2.35. The molecule has 1 aromatic heterocycles. The molecule has 6 nitrogen and oxygen atoms in total. The van der Waals surface area contributed by atoms with Crippen molar-refractivity contribution < 1.29 is 9.47 Å². The van der Waals surface area contributed by atoms with E-state index < -0.39 is 0 Å². The van der Waals surface area contributed by atoms with Gasteiger partial charge in [-0.05, 0) is 38.0 Å². The lowest BCUT2D eigenvalue weighted by molar-refractivity contribution is 0.352. The van der Waals surface area contributed by atoms with Crippen LogP contribution in [-0.4, -0.2) is 35.0 Å². The smallest absolute Gasteiger partial charge is 0.222 e. The lowest BCUT2D eigenvalue weighted by Gasteiger charge is -2.29. The summed E-state index contributed by atoms with van der Waals surface area (Å²) in [5, 5.41) is 7.88. The van der Waals surface area contributed by atoms with E-state index in [1.54, 1.807) is 14.2 Å². The van der Waals surface area contributed by atoms with Gasteiger partial charge in [-0.2, -0.15) is 10.1 Å². The van der Waals surface area contributed by atoms with Gasteiger partial charge >= 0.3 is 0 Å². The number of aryl methyl sites for hydroxylation is 1. The first-order chi connectivity index (χ1) is 10.1. The van der Waals surface area contributed by atoms with E-state index in [-0.39, 0.29) is 6.04 Å². The largest absolute Gasteiger partial charge is 0.493 e. The third-order valence-electron chi connectivity index (χ3n) is 3.78. The molecule has 0 unspecified atom stereocenters. The van der Waals surface area contributed by atoms with E-state index in [1.807, 2.05) is 23.7 Å². The lowest BCUT2D eigenvalue weighted by atomic mass is 9.98. The second-order valence-corrected chi connectivity index (χ2v) is 5.34. The number of rotatable bonds is 3. The van der Waals surface area contributed by atoms with Gasteiger partial charge in [-0.25, -0.2) is 4.68 Å². The van der Waals surface area contributed by atoms with Crippen LogP contribution in [0.3, 0.4) is 0 Å². The minimum Gasteiger partial charge on any atom is -0.493 e. The second kappa shape index (κ2) is 5.27. The van der Waals surface area contributed by atoms with Gasteiger partial charge in [-0.15, -0.1) is 0 Å². The Hall–Kier alpha value is -2.24. The average molecular weight is 288 g/mol. The molecule has 1 aliphatic heterocycles. The molecule has 0 saturated carbocycles. The maximum Gasteiger partial charge on any atom is 0.222 e. The van der Waals surface area contributed by atoms with Gasteiger partial charge in [0, 0.05) is 6.04 Å². The van der Waals surface area contributed by atoms with Crippen molar-refractivity contribution in [3.05, 3.63) is 29.6 Å². The van der Waals surface area contributed by atoms with Crippen LogP contribution < -0.4 is 14.8 Å². The maximum absolute atomic E-state index is 5.40. The third kappa shape index (κ3) is 2.41. The molecule has 3 rings (SSSR count). The Balaban J connectivity index is 2.04. The Labute approximate surface area is 124 Å². The Kier molecular flexibility index (Phi) is 3.45. The summed E-state index contributed by atoms with van der Waals surface area (Å²) in [6.45, 7) is 4.06. The van der Waals surface area contributed by atoms with E-state index in [0.717, 1.165) is 35.3 Å². The third-order valence-corrected chi connectivity index (χ3v) is 3.78. The molecule has 112 valence electrons. The van der Waals surface area contributed by atoms with Crippen molar-refractivity contribution in [3.63, 3.8) is 0 Å². The van der Waals surface area contributed by atoms with Crippen LogP contribution in [0.2, 0.25) is 0 Å². The number of hydrogen-bond donors (Lipinski definition) is 1. The predicted octanol–water partition coefficient (Wildman–Crippen LogP) is 2.40. The van der Waals surface area contributed by atoms with Crippen LogP contribution in [0.1, 0.15) is 30.8 Å². The monoisotopic (exact) mass is 288 g/mol.